The van der Waals surface area contributed by atoms with Crippen molar-refractivity contribution >= 4 is 11.8 Å². The van der Waals surface area contributed by atoms with Gasteiger partial charge in [0.25, 0.3) is 5.91 Å². The molecule has 0 saturated heterocycles. The summed E-state index contributed by atoms with van der Waals surface area (Å²) >= 11 is 0. The van der Waals surface area contributed by atoms with E-state index in [0.29, 0.717) is 19.7 Å². The molecule has 1 aliphatic rings. The van der Waals surface area contributed by atoms with Crippen LogP contribution in [0.1, 0.15) is 22.5 Å². The van der Waals surface area contributed by atoms with Gasteiger partial charge in [-0.1, -0.05) is 18.2 Å². The SMILES string of the molecule is O=C(NCCC(=O)N1CCOc2ccccc2C1)c1cn[nH]n1. The van der Waals surface area contributed by atoms with Crippen molar-refractivity contribution in [2.75, 3.05) is 19.7 Å². The van der Waals surface area contributed by atoms with Gasteiger partial charge in [0.2, 0.25) is 5.91 Å². The largest absolute Gasteiger partial charge is 0.491 e. The number of para-hydroxylation sites is 1. The number of carbonyl (C=O) groups excluding carboxylic acids is 2. The Hall–Kier alpha value is -2.90. The summed E-state index contributed by atoms with van der Waals surface area (Å²) in [5.74, 6) is 0.448. The van der Waals surface area contributed by atoms with Crippen molar-refractivity contribution in [2.45, 2.75) is 13.0 Å². The molecule has 1 aromatic carbocycles. The van der Waals surface area contributed by atoms with Crippen LogP contribution in [0.2, 0.25) is 0 Å². The van der Waals surface area contributed by atoms with E-state index in [4.69, 9.17) is 4.74 Å². The second kappa shape index (κ2) is 6.91. The van der Waals surface area contributed by atoms with Gasteiger partial charge in [0.15, 0.2) is 5.69 Å². The first-order chi connectivity index (χ1) is 11.2. The van der Waals surface area contributed by atoms with Crippen molar-refractivity contribution in [3.8, 4) is 5.75 Å². The second-order valence-corrected chi connectivity index (χ2v) is 5.13. The van der Waals surface area contributed by atoms with Crippen LogP contribution in [0.3, 0.4) is 0 Å². The van der Waals surface area contributed by atoms with Crippen molar-refractivity contribution in [1.82, 2.24) is 25.6 Å². The summed E-state index contributed by atoms with van der Waals surface area (Å²) in [6.45, 7) is 1.77. The van der Waals surface area contributed by atoms with Gasteiger partial charge in [-0.15, -0.1) is 0 Å². The molecule has 2 heterocycles. The molecule has 0 aliphatic carbocycles. The fraction of sp³-hybridized carbons (Fsp3) is 0.333. The Kier molecular flexibility index (Phi) is 4.51. The van der Waals surface area contributed by atoms with Crippen LogP contribution in [0, 0.1) is 0 Å². The van der Waals surface area contributed by atoms with Crippen molar-refractivity contribution in [3.63, 3.8) is 0 Å². The number of hydrogen-bond donors (Lipinski definition) is 2. The third-order valence-electron chi connectivity index (χ3n) is 3.58. The molecule has 0 bridgehead atoms. The zero-order valence-electron chi connectivity index (χ0n) is 12.5. The van der Waals surface area contributed by atoms with Crippen LogP contribution < -0.4 is 10.1 Å². The normalized spacial score (nSPS) is 13.7. The number of carbonyl (C=O) groups is 2. The number of hydrogen-bond acceptors (Lipinski definition) is 5. The number of aromatic nitrogens is 3. The fourth-order valence-corrected chi connectivity index (χ4v) is 2.38. The quantitative estimate of drug-likeness (QED) is 0.848. The summed E-state index contributed by atoms with van der Waals surface area (Å²) in [5.41, 5.74) is 1.19. The third-order valence-corrected chi connectivity index (χ3v) is 3.58. The van der Waals surface area contributed by atoms with Crippen molar-refractivity contribution in [3.05, 3.63) is 41.7 Å². The molecule has 0 saturated carbocycles. The van der Waals surface area contributed by atoms with Crippen LogP contribution in [-0.2, 0) is 11.3 Å². The molecule has 0 atom stereocenters. The summed E-state index contributed by atoms with van der Waals surface area (Å²) in [6, 6.07) is 7.69. The lowest BCUT2D eigenvalue weighted by molar-refractivity contribution is -0.131. The van der Waals surface area contributed by atoms with E-state index in [1.165, 1.54) is 6.20 Å². The number of benzene rings is 1. The highest BCUT2D eigenvalue weighted by Crippen LogP contribution is 2.22. The average Bonchev–Trinajstić information content (AvgIpc) is 3.01. The molecule has 1 aromatic heterocycles. The van der Waals surface area contributed by atoms with Gasteiger partial charge in [-0.05, 0) is 6.07 Å². The topological polar surface area (TPSA) is 100 Å². The van der Waals surface area contributed by atoms with E-state index >= 15 is 0 Å². The Morgan fingerprint density at radius 1 is 1.35 bits per heavy atom. The van der Waals surface area contributed by atoms with Gasteiger partial charge in [0.1, 0.15) is 12.4 Å². The molecule has 23 heavy (non-hydrogen) atoms. The van der Waals surface area contributed by atoms with Crippen LogP contribution in [0.15, 0.2) is 30.5 Å². The minimum absolute atomic E-state index is 0.0224. The van der Waals surface area contributed by atoms with Crippen molar-refractivity contribution in [2.24, 2.45) is 0 Å². The Bertz CT molecular complexity index is 686. The maximum absolute atomic E-state index is 12.3. The first-order valence-corrected chi connectivity index (χ1v) is 7.36. The van der Waals surface area contributed by atoms with Crippen LogP contribution in [0.5, 0.6) is 5.75 Å². The van der Waals surface area contributed by atoms with E-state index in [-0.39, 0.29) is 30.5 Å². The predicted octanol–water partition coefficient (Wildman–Crippen LogP) is 0.346. The minimum atomic E-state index is -0.351. The van der Waals surface area contributed by atoms with E-state index in [2.05, 4.69) is 20.7 Å². The summed E-state index contributed by atoms with van der Waals surface area (Å²) in [4.78, 5) is 25.8. The van der Waals surface area contributed by atoms with Crippen LogP contribution in [0.4, 0.5) is 0 Å². The van der Waals surface area contributed by atoms with Crippen LogP contribution in [0.25, 0.3) is 0 Å². The Labute approximate surface area is 132 Å². The van der Waals surface area contributed by atoms with Gasteiger partial charge in [0.05, 0.1) is 12.7 Å². The molecule has 8 heteroatoms. The molecule has 3 rings (SSSR count). The van der Waals surface area contributed by atoms with E-state index in [1.807, 2.05) is 24.3 Å². The Morgan fingerprint density at radius 2 is 2.22 bits per heavy atom. The Morgan fingerprint density at radius 3 is 3.04 bits per heavy atom. The van der Waals surface area contributed by atoms with Gasteiger partial charge in [-0.25, -0.2) is 0 Å². The molecule has 0 spiro atoms. The van der Waals surface area contributed by atoms with Crippen molar-refractivity contribution in [1.29, 1.82) is 0 Å². The van der Waals surface area contributed by atoms with Gasteiger partial charge in [-0.3, -0.25) is 9.59 Å². The molecule has 120 valence electrons. The molecular formula is C15H17N5O3. The second-order valence-electron chi connectivity index (χ2n) is 5.13. The van der Waals surface area contributed by atoms with Gasteiger partial charge in [0, 0.05) is 25.1 Å². The number of nitrogens with one attached hydrogen (secondary N) is 2. The van der Waals surface area contributed by atoms with Crippen LogP contribution >= 0.6 is 0 Å². The zero-order chi connectivity index (χ0) is 16.1. The van der Waals surface area contributed by atoms with Crippen molar-refractivity contribution < 1.29 is 14.3 Å². The summed E-state index contributed by atoms with van der Waals surface area (Å²) in [7, 11) is 0. The molecule has 2 aromatic rings. The molecule has 2 amide bonds. The maximum atomic E-state index is 12.3. The third kappa shape index (κ3) is 3.65. The fourth-order valence-electron chi connectivity index (χ4n) is 2.38. The summed E-state index contributed by atoms with van der Waals surface area (Å²) < 4.78 is 5.64. The molecule has 2 N–H and O–H groups in total. The first kappa shape index (κ1) is 15.0. The number of aromatic amines is 1. The number of nitrogens with zero attached hydrogens (tertiary/aromatic N) is 3. The number of H-pyrrole nitrogens is 1. The average molecular weight is 315 g/mol. The Balaban J connectivity index is 1.51. The molecule has 0 unspecified atom stereocenters. The number of fused-ring (bicyclic) bond motifs is 1. The van der Waals surface area contributed by atoms with Crippen LogP contribution in [-0.4, -0.2) is 51.8 Å². The monoisotopic (exact) mass is 315 g/mol. The molecule has 1 aliphatic heterocycles. The molecule has 8 nitrogen and oxygen atoms in total. The highest BCUT2D eigenvalue weighted by Gasteiger charge is 2.19. The number of amides is 2. The highest BCUT2D eigenvalue weighted by molar-refractivity contribution is 5.92. The lowest BCUT2D eigenvalue weighted by Crippen LogP contribution is -2.35. The summed E-state index contributed by atoms with van der Waals surface area (Å²) in [5, 5.41) is 12.3. The molecule has 0 radical (unpaired) electrons. The first-order valence-electron chi connectivity index (χ1n) is 7.36. The zero-order valence-corrected chi connectivity index (χ0v) is 12.5. The van der Waals surface area contributed by atoms with Gasteiger partial charge >= 0.3 is 0 Å². The number of rotatable bonds is 4. The van der Waals surface area contributed by atoms with Gasteiger partial charge in [-0.2, -0.15) is 15.4 Å². The highest BCUT2D eigenvalue weighted by atomic mass is 16.5. The minimum Gasteiger partial charge on any atom is -0.491 e. The lowest BCUT2D eigenvalue weighted by atomic mass is 10.2. The molecular weight excluding hydrogens is 298 g/mol. The standard InChI is InChI=1S/C15H17N5O3/c21-14(5-6-16-15(22)12-9-17-19-18-12)20-7-8-23-13-4-2-1-3-11(13)10-20/h1-4,9H,5-8,10H2,(H,16,22)(H,17,18,19). The molecule has 0 fully saturated rings. The predicted molar refractivity (Wildman–Crippen MR) is 80.7 cm³/mol. The van der Waals surface area contributed by atoms with E-state index in [9.17, 15) is 9.59 Å². The van der Waals surface area contributed by atoms with E-state index in [0.717, 1.165) is 11.3 Å². The smallest absolute Gasteiger partial charge is 0.273 e. The summed E-state index contributed by atoms with van der Waals surface area (Å²) in [6.07, 6.45) is 1.56. The van der Waals surface area contributed by atoms with E-state index in [1.54, 1.807) is 4.90 Å². The number of ether oxygens (including phenoxy) is 1. The maximum Gasteiger partial charge on any atom is 0.273 e. The van der Waals surface area contributed by atoms with Gasteiger partial charge < -0.3 is 15.0 Å². The lowest BCUT2D eigenvalue weighted by Gasteiger charge is -2.19. The van der Waals surface area contributed by atoms with E-state index < -0.39 is 0 Å².